The summed E-state index contributed by atoms with van der Waals surface area (Å²) in [6, 6.07) is 2.27. The Balaban J connectivity index is 7.80. The van der Waals surface area contributed by atoms with Crippen molar-refractivity contribution in [3.63, 3.8) is 0 Å². The zero-order valence-electron chi connectivity index (χ0n) is 37.9. The second kappa shape index (κ2) is 24.6. The van der Waals surface area contributed by atoms with E-state index in [2.05, 4.69) is 13.0 Å². The van der Waals surface area contributed by atoms with Gasteiger partial charge in [0.15, 0.2) is 0 Å². The normalized spacial score (nSPS) is 17.1. The predicted octanol–water partition coefficient (Wildman–Crippen LogP) is 8.16. The number of unbranched alkanes of at least 4 members (excludes halogenated alkanes) is 4. The average molecular weight is 811 g/mol. The highest BCUT2D eigenvalue weighted by Gasteiger charge is 2.57. The number of hydrogen-bond donors (Lipinski definition) is 1. The van der Waals surface area contributed by atoms with Crippen molar-refractivity contribution in [3.05, 3.63) is 0 Å². The fourth-order valence-electron chi connectivity index (χ4n) is 8.35. The van der Waals surface area contributed by atoms with E-state index < -0.39 is 62.3 Å². The van der Waals surface area contributed by atoms with Crippen LogP contribution in [-0.2, 0) is 47.7 Å². The Bertz CT molecular complexity index is 1330. The molecule has 0 aromatic carbocycles. The highest BCUT2D eigenvalue weighted by molar-refractivity contribution is 5.85. The first kappa shape index (κ1) is 53.8. The minimum absolute atomic E-state index is 0.0141. The number of likely N-dealkylation sites (N-methyl/N-ethyl adjacent to an activating group) is 1. The Kier molecular flexibility index (Phi) is 23.2. The maximum Gasteiger partial charge on any atom is 0.311 e. The monoisotopic (exact) mass is 811 g/mol. The van der Waals surface area contributed by atoms with Crippen LogP contribution in [0.4, 0.5) is 0 Å². The molecule has 5 atom stereocenters. The van der Waals surface area contributed by atoms with E-state index in [-0.39, 0.29) is 71.6 Å². The molecule has 13 nitrogen and oxygen atoms in total. The predicted molar refractivity (Wildman–Crippen MR) is 219 cm³/mol. The minimum atomic E-state index is -1.61. The molecule has 0 saturated heterocycles. The molecule has 0 amide bonds. The summed E-state index contributed by atoms with van der Waals surface area (Å²) in [4.78, 5) is 72.2. The molecule has 13 heteroatoms. The molecule has 0 aliphatic carbocycles. The summed E-state index contributed by atoms with van der Waals surface area (Å²) in [6.45, 7) is 18.2. The molecule has 330 valence electrons. The molecular formula is C44H78N2O11. The standard InChI is InChI=1S/C44H78N2O11/c1-14-17-19-20-24-55-37(51)43(9,30-41(7,28-39(4,5)33-45)35(49)57-27-26-53-13)32-44(10,38(52)56-25-22-46(11)12)31-42(8,36(50)54-23-18-15-2)29-40(6,21-16-3)34(47)48/h14-32H2,1-13H3,(H,47,48). The first-order valence-corrected chi connectivity index (χ1v) is 20.9. The van der Waals surface area contributed by atoms with Gasteiger partial charge < -0.3 is 33.7 Å². The third-order valence-electron chi connectivity index (χ3n) is 10.8. The van der Waals surface area contributed by atoms with E-state index in [1.54, 1.807) is 48.5 Å². The topological polar surface area (TPSA) is 179 Å². The summed E-state index contributed by atoms with van der Waals surface area (Å²) >= 11 is 0. The van der Waals surface area contributed by atoms with Crippen molar-refractivity contribution < 1.29 is 52.8 Å². The number of ether oxygens (including phenoxy) is 5. The Hall–Kier alpha value is -3.24. The van der Waals surface area contributed by atoms with Gasteiger partial charge >= 0.3 is 29.8 Å². The number of aliphatic carboxylic acids is 1. The smallest absolute Gasteiger partial charge is 0.311 e. The number of carbonyl (C=O) groups excluding carboxylic acids is 4. The Morgan fingerprint density at radius 1 is 0.544 bits per heavy atom. The number of carboxylic acid groups (broad SMARTS) is 1. The lowest BCUT2D eigenvalue weighted by molar-refractivity contribution is -0.174. The van der Waals surface area contributed by atoms with Crippen LogP contribution in [0.25, 0.3) is 0 Å². The zero-order chi connectivity index (χ0) is 44.1. The van der Waals surface area contributed by atoms with Gasteiger partial charge in [-0.25, -0.2) is 0 Å². The first-order valence-electron chi connectivity index (χ1n) is 20.9. The van der Waals surface area contributed by atoms with E-state index in [0.29, 0.717) is 25.8 Å². The van der Waals surface area contributed by atoms with E-state index in [0.717, 1.165) is 25.7 Å². The van der Waals surface area contributed by atoms with Crippen molar-refractivity contribution in [2.45, 2.75) is 153 Å². The number of nitriles is 1. The Morgan fingerprint density at radius 3 is 1.33 bits per heavy atom. The summed E-state index contributed by atoms with van der Waals surface area (Å²) in [5, 5.41) is 20.6. The quantitative estimate of drug-likeness (QED) is 0.0403. The SMILES string of the molecule is CCCCCCOC(=O)C(C)(CC(C)(CC(C)(C)C#N)C(=O)OCCOC)CC(C)(CC(C)(CC(C)(CCC)C(=O)O)C(=O)OCCCC)C(=O)OCCN(C)C. The molecule has 57 heavy (non-hydrogen) atoms. The maximum atomic E-state index is 14.6. The molecule has 0 saturated carbocycles. The van der Waals surface area contributed by atoms with Crippen molar-refractivity contribution in [1.29, 1.82) is 5.26 Å². The van der Waals surface area contributed by atoms with E-state index in [1.165, 1.54) is 7.11 Å². The highest BCUT2D eigenvalue weighted by Crippen LogP contribution is 2.53. The molecule has 0 aliphatic heterocycles. The van der Waals surface area contributed by atoms with Crippen LogP contribution >= 0.6 is 0 Å². The van der Waals surface area contributed by atoms with Crippen LogP contribution in [-0.4, -0.2) is 101 Å². The molecule has 0 rings (SSSR count). The molecule has 1 N–H and O–H groups in total. The first-order chi connectivity index (χ1) is 26.4. The van der Waals surface area contributed by atoms with Gasteiger partial charge in [-0.1, -0.05) is 52.9 Å². The van der Waals surface area contributed by atoms with Crippen molar-refractivity contribution in [2.75, 3.05) is 60.8 Å². The summed E-state index contributed by atoms with van der Waals surface area (Å²) in [7, 11) is 5.14. The maximum absolute atomic E-state index is 14.6. The molecule has 0 aromatic rings. The summed E-state index contributed by atoms with van der Waals surface area (Å²) in [5.74, 6) is -3.69. The lowest BCUT2D eigenvalue weighted by atomic mass is 9.58. The van der Waals surface area contributed by atoms with Crippen molar-refractivity contribution in [3.8, 4) is 6.07 Å². The van der Waals surface area contributed by atoms with E-state index in [9.17, 15) is 34.3 Å². The van der Waals surface area contributed by atoms with E-state index in [1.807, 2.05) is 32.8 Å². The molecular weight excluding hydrogens is 732 g/mol. The van der Waals surface area contributed by atoms with E-state index >= 15 is 0 Å². The number of rotatable bonds is 31. The van der Waals surface area contributed by atoms with Crippen LogP contribution in [0.1, 0.15) is 153 Å². The van der Waals surface area contributed by atoms with Crippen LogP contribution in [0.15, 0.2) is 0 Å². The molecule has 5 unspecified atom stereocenters. The minimum Gasteiger partial charge on any atom is -0.481 e. The molecule has 0 spiro atoms. The lowest BCUT2D eigenvalue weighted by Gasteiger charge is -2.45. The third kappa shape index (κ3) is 18.1. The number of methoxy groups -OCH3 is 1. The lowest BCUT2D eigenvalue weighted by Crippen LogP contribution is -2.49. The summed E-state index contributed by atoms with van der Waals surface area (Å²) < 4.78 is 28.4. The number of carboxylic acids is 1. The summed E-state index contributed by atoms with van der Waals surface area (Å²) in [6.07, 6.45) is 4.79. The van der Waals surface area contributed by atoms with Gasteiger partial charge in [0.05, 0.1) is 58.4 Å². The van der Waals surface area contributed by atoms with Crippen molar-refractivity contribution in [2.24, 2.45) is 32.5 Å². The van der Waals surface area contributed by atoms with Gasteiger partial charge in [-0.3, -0.25) is 24.0 Å². The van der Waals surface area contributed by atoms with Gasteiger partial charge in [0.25, 0.3) is 0 Å². The molecule has 0 aliphatic rings. The van der Waals surface area contributed by atoms with Gasteiger partial charge in [0.1, 0.15) is 13.2 Å². The largest absolute Gasteiger partial charge is 0.481 e. The average Bonchev–Trinajstić information content (AvgIpc) is 3.10. The second-order valence-corrected chi connectivity index (χ2v) is 18.5. The third-order valence-corrected chi connectivity index (χ3v) is 10.8. The number of esters is 4. The van der Waals surface area contributed by atoms with Gasteiger partial charge in [-0.15, -0.1) is 0 Å². The van der Waals surface area contributed by atoms with Gasteiger partial charge in [0.2, 0.25) is 0 Å². The van der Waals surface area contributed by atoms with Crippen LogP contribution in [0.3, 0.4) is 0 Å². The van der Waals surface area contributed by atoms with Crippen LogP contribution in [0.5, 0.6) is 0 Å². The number of nitrogens with zero attached hydrogens (tertiary/aromatic N) is 2. The van der Waals surface area contributed by atoms with Gasteiger partial charge in [-0.2, -0.15) is 5.26 Å². The fraction of sp³-hybridized carbons (Fsp3) is 0.864. The Labute approximate surface area is 344 Å². The zero-order valence-corrected chi connectivity index (χ0v) is 37.9. The van der Waals surface area contributed by atoms with E-state index in [4.69, 9.17) is 23.7 Å². The van der Waals surface area contributed by atoms with Gasteiger partial charge in [0, 0.05) is 13.7 Å². The highest BCUT2D eigenvalue weighted by atomic mass is 16.6. The molecule has 0 aromatic heterocycles. The second-order valence-electron chi connectivity index (χ2n) is 18.5. The molecule has 0 heterocycles. The van der Waals surface area contributed by atoms with Crippen LogP contribution in [0.2, 0.25) is 0 Å². The molecule has 0 bridgehead atoms. The number of carbonyl (C=O) groups is 5. The summed E-state index contributed by atoms with van der Waals surface area (Å²) in [5.41, 5.74) is -8.51. The molecule has 0 radical (unpaired) electrons. The van der Waals surface area contributed by atoms with Crippen molar-refractivity contribution in [1.82, 2.24) is 4.90 Å². The van der Waals surface area contributed by atoms with Crippen LogP contribution < -0.4 is 0 Å². The Morgan fingerprint density at radius 2 is 0.947 bits per heavy atom. The molecule has 0 fully saturated rings. The fourth-order valence-corrected chi connectivity index (χ4v) is 8.35. The van der Waals surface area contributed by atoms with Crippen LogP contribution in [0, 0.1) is 43.8 Å². The van der Waals surface area contributed by atoms with Gasteiger partial charge in [-0.05, 0) is 114 Å². The number of hydrogen-bond acceptors (Lipinski definition) is 12. The van der Waals surface area contributed by atoms with Crippen molar-refractivity contribution >= 4 is 29.8 Å².